The van der Waals surface area contributed by atoms with Crippen LogP contribution < -0.4 is 5.32 Å². The van der Waals surface area contributed by atoms with Gasteiger partial charge < -0.3 is 5.32 Å². The first-order valence-electron chi connectivity index (χ1n) is 8.84. The molecule has 0 spiro atoms. The highest BCUT2D eigenvalue weighted by Gasteiger charge is 2.40. The molecule has 2 aromatic rings. The van der Waals surface area contributed by atoms with E-state index < -0.39 is 0 Å². The van der Waals surface area contributed by atoms with Crippen molar-refractivity contribution in [3.63, 3.8) is 0 Å². The Balaban J connectivity index is 1.34. The third-order valence-electron chi connectivity index (χ3n) is 5.59. The molecule has 1 amide bonds. The molecular weight excluding hydrogens is 357 g/mol. The highest BCUT2D eigenvalue weighted by Crippen LogP contribution is 2.49. The molecule has 0 saturated heterocycles. The van der Waals surface area contributed by atoms with E-state index in [2.05, 4.69) is 10.4 Å². The summed E-state index contributed by atoms with van der Waals surface area (Å²) in [7, 11) is 0. The Morgan fingerprint density at radius 2 is 2.12 bits per heavy atom. The lowest BCUT2D eigenvalue weighted by Gasteiger charge is -2.20. The molecule has 132 valence electrons. The maximum absolute atomic E-state index is 12.3. The molecule has 6 heteroatoms. The number of aromatic nitrogens is 2. The Kier molecular flexibility index (Phi) is 4.74. The van der Waals surface area contributed by atoms with Crippen LogP contribution in [0.2, 0.25) is 10.0 Å². The summed E-state index contributed by atoms with van der Waals surface area (Å²) in [6.07, 6.45) is 7.69. The third kappa shape index (κ3) is 3.85. The van der Waals surface area contributed by atoms with E-state index in [1.807, 2.05) is 24.4 Å². The number of carbonyl (C=O) groups excluding carboxylic acids is 1. The summed E-state index contributed by atoms with van der Waals surface area (Å²) in [6, 6.07) is 7.24. The second-order valence-electron chi connectivity index (χ2n) is 7.32. The monoisotopic (exact) mass is 377 g/mol. The molecule has 1 heterocycles. The van der Waals surface area contributed by atoms with Crippen LogP contribution in [-0.4, -0.2) is 15.7 Å². The van der Waals surface area contributed by atoms with Crippen molar-refractivity contribution in [1.29, 1.82) is 0 Å². The van der Waals surface area contributed by atoms with Gasteiger partial charge in [-0.25, -0.2) is 0 Å². The average molecular weight is 378 g/mol. The molecule has 2 fully saturated rings. The fraction of sp³-hybridized carbons (Fsp3) is 0.474. The quantitative estimate of drug-likeness (QED) is 0.796. The first kappa shape index (κ1) is 16.9. The largest absolute Gasteiger partial charge is 0.309 e. The molecule has 0 radical (unpaired) electrons. The number of rotatable bonds is 5. The minimum atomic E-state index is 0.0762. The highest BCUT2D eigenvalue weighted by molar-refractivity contribution is 6.35. The highest BCUT2D eigenvalue weighted by atomic mass is 35.5. The minimum absolute atomic E-state index is 0.0762. The molecule has 1 aromatic heterocycles. The summed E-state index contributed by atoms with van der Waals surface area (Å²) in [5.41, 5.74) is 0.939. The summed E-state index contributed by atoms with van der Waals surface area (Å²) in [5.74, 6) is 2.87. The number of fused-ring (bicyclic) bond motifs is 2. The zero-order valence-electron chi connectivity index (χ0n) is 13.9. The van der Waals surface area contributed by atoms with Crippen molar-refractivity contribution in [2.45, 2.75) is 38.6 Å². The van der Waals surface area contributed by atoms with Gasteiger partial charge in [0.2, 0.25) is 5.91 Å². The maximum Gasteiger partial charge on any atom is 0.225 e. The summed E-state index contributed by atoms with van der Waals surface area (Å²) < 4.78 is 1.77. The van der Waals surface area contributed by atoms with E-state index in [1.165, 1.54) is 25.7 Å². The van der Waals surface area contributed by atoms with Crippen LogP contribution in [-0.2, 0) is 11.3 Å². The Labute approximate surface area is 157 Å². The molecule has 1 N–H and O–H groups in total. The maximum atomic E-state index is 12.3. The number of carbonyl (C=O) groups is 1. The summed E-state index contributed by atoms with van der Waals surface area (Å²) >= 11 is 12.1. The van der Waals surface area contributed by atoms with Gasteiger partial charge in [0.05, 0.1) is 6.54 Å². The first-order valence-corrected chi connectivity index (χ1v) is 9.59. The van der Waals surface area contributed by atoms with Crippen LogP contribution in [0.15, 0.2) is 30.5 Å². The lowest BCUT2D eigenvalue weighted by molar-refractivity contribution is -0.117. The van der Waals surface area contributed by atoms with E-state index in [-0.39, 0.29) is 5.91 Å². The van der Waals surface area contributed by atoms with E-state index in [0.29, 0.717) is 34.7 Å². The summed E-state index contributed by atoms with van der Waals surface area (Å²) in [4.78, 5) is 12.3. The number of hydrogen-bond acceptors (Lipinski definition) is 2. The second-order valence-corrected chi connectivity index (χ2v) is 8.17. The Hall–Kier alpha value is -1.52. The molecule has 2 aliphatic rings. The van der Waals surface area contributed by atoms with Crippen LogP contribution in [0, 0.1) is 17.8 Å². The van der Waals surface area contributed by atoms with Gasteiger partial charge in [0.1, 0.15) is 0 Å². The van der Waals surface area contributed by atoms with Gasteiger partial charge in [-0.05, 0) is 54.7 Å². The van der Waals surface area contributed by atoms with Crippen LogP contribution in [0.1, 0.15) is 37.7 Å². The SMILES string of the molecule is O=C(C[C@H]1C[C@H]2CC[C@@H]1C2)Nc1ccn(Cc2ccc(Cl)cc2Cl)n1. The Bertz CT molecular complexity index is 789. The van der Waals surface area contributed by atoms with Crippen LogP contribution >= 0.6 is 23.2 Å². The molecule has 4 rings (SSSR count). The van der Waals surface area contributed by atoms with Crippen LogP contribution in [0.3, 0.4) is 0 Å². The molecule has 2 aliphatic carbocycles. The second kappa shape index (κ2) is 7.00. The topological polar surface area (TPSA) is 46.9 Å². The standard InChI is InChI=1S/C19H21Cl2N3O/c20-16-4-3-14(17(21)10-16)11-24-6-5-18(23-24)22-19(25)9-15-8-12-1-2-13(15)7-12/h3-6,10,12-13,15H,1-2,7-9,11H2,(H,22,23,25)/t12-,13+,15+/m0/s1. The van der Waals surface area contributed by atoms with E-state index in [4.69, 9.17) is 23.2 Å². The van der Waals surface area contributed by atoms with Gasteiger partial charge in [-0.1, -0.05) is 35.7 Å². The van der Waals surface area contributed by atoms with Crippen molar-refractivity contribution < 1.29 is 4.79 Å². The molecule has 3 atom stereocenters. The number of halogens is 2. The molecule has 2 saturated carbocycles. The summed E-state index contributed by atoms with van der Waals surface area (Å²) in [6.45, 7) is 0.540. The van der Waals surface area contributed by atoms with Gasteiger partial charge in [0.25, 0.3) is 0 Å². The van der Waals surface area contributed by atoms with Gasteiger partial charge in [0, 0.05) is 28.7 Å². The van der Waals surface area contributed by atoms with Gasteiger partial charge in [0.15, 0.2) is 5.82 Å². The predicted molar refractivity (Wildman–Crippen MR) is 100.0 cm³/mol. The Morgan fingerprint density at radius 3 is 2.84 bits per heavy atom. The van der Waals surface area contributed by atoms with Crippen LogP contribution in [0.5, 0.6) is 0 Å². The lowest BCUT2D eigenvalue weighted by Crippen LogP contribution is -2.20. The summed E-state index contributed by atoms with van der Waals surface area (Å²) in [5, 5.41) is 8.59. The molecule has 2 bridgehead atoms. The third-order valence-corrected chi connectivity index (χ3v) is 6.17. The van der Waals surface area contributed by atoms with Crippen molar-refractivity contribution >= 4 is 34.9 Å². The van der Waals surface area contributed by atoms with Gasteiger partial charge in [-0.15, -0.1) is 0 Å². The van der Waals surface area contributed by atoms with Crippen LogP contribution in [0.25, 0.3) is 0 Å². The van der Waals surface area contributed by atoms with E-state index in [0.717, 1.165) is 17.4 Å². The first-order chi connectivity index (χ1) is 12.1. The molecule has 4 nitrogen and oxygen atoms in total. The zero-order chi connectivity index (χ0) is 17.4. The minimum Gasteiger partial charge on any atom is -0.309 e. The molecular formula is C19H21Cl2N3O. The molecule has 25 heavy (non-hydrogen) atoms. The number of nitrogens with zero attached hydrogens (tertiary/aromatic N) is 2. The smallest absolute Gasteiger partial charge is 0.225 e. The van der Waals surface area contributed by atoms with Gasteiger partial charge in [-0.3, -0.25) is 9.48 Å². The molecule has 0 unspecified atom stereocenters. The van der Waals surface area contributed by atoms with Crippen molar-refractivity contribution in [2.24, 2.45) is 17.8 Å². The number of hydrogen-bond donors (Lipinski definition) is 1. The number of nitrogens with one attached hydrogen (secondary N) is 1. The molecule has 1 aromatic carbocycles. The van der Waals surface area contributed by atoms with Gasteiger partial charge in [-0.2, -0.15) is 5.10 Å². The number of anilines is 1. The van der Waals surface area contributed by atoms with E-state index in [1.54, 1.807) is 10.7 Å². The Morgan fingerprint density at radius 1 is 1.24 bits per heavy atom. The van der Waals surface area contributed by atoms with E-state index in [9.17, 15) is 4.79 Å². The number of amides is 1. The van der Waals surface area contributed by atoms with Crippen molar-refractivity contribution in [3.05, 3.63) is 46.1 Å². The molecule has 0 aliphatic heterocycles. The van der Waals surface area contributed by atoms with Gasteiger partial charge >= 0.3 is 0 Å². The van der Waals surface area contributed by atoms with Crippen molar-refractivity contribution in [1.82, 2.24) is 9.78 Å². The average Bonchev–Trinajstić information content (AvgIpc) is 3.27. The lowest BCUT2D eigenvalue weighted by atomic mass is 9.86. The van der Waals surface area contributed by atoms with Crippen LogP contribution in [0.4, 0.5) is 5.82 Å². The normalized spacial score (nSPS) is 24.6. The van der Waals surface area contributed by atoms with Crippen molar-refractivity contribution in [2.75, 3.05) is 5.32 Å². The van der Waals surface area contributed by atoms with E-state index >= 15 is 0 Å². The fourth-order valence-electron chi connectivity index (χ4n) is 4.40. The zero-order valence-corrected chi connectivity index (χ0v) is 15.4. The predicted octanol–water partition coefficient (Wildman–Crippen LogP) is 5.00. The number of benzene rings is 1. The van der Waals surface area contributed by atoms with Crippen molar-refractivity contribution in [3.8, 4) is 0 Å². The fourth-order valence-corrected chi connectivity index (χ4v) is 4.87.